The molecule has 2 atom stereocenters. The maximum absolute atomic E-state index is 12.1. The molecule has 0 aliphatic carbocycles. The van der Waals surface area contributed by atoms with Gasteiger partial charge in [0, 0.05) is 11.4 Å². The quantitative estimate of drug-likeness (QED) is 0.0351. The molecule has 2 heterocycles. The molecule has 24 heteroatoms. The van der Waals surface area contributed by atoms with Gasteiger partial charge in [-0.05, 0) is 72.4 Å². The van der Waals surface area contributed by atoms with Gasteiger partial charge in [0.05, 0.1) is 9.79 Å². The van der Waals surface area contributed by atoms with Crippen molar-refractivity contribution in [2.75, 3.05) is 21.3 Å². The minimum absolute atomic E-state index is 0. The van der Waals surface area contributed by atoms with Crippen LogP contribution in [0.4, 0.5) is 35.2 Å². The van der Waals surface area contributed by atoms with Crippen LogP contribution >= 0.6 is 23.2 Å². The zero-order valence-electron chi connectivity index (χ0n) is 25.4. The van der Waals surface area contributed by atoms with Gasteiger partial charge in [-0.15, -0.1) is 0 Å². The maximum Gasteiger partial charge on any atom is 1.00 e. The van der Waals surface area contributed by atoms with E-state index in [1.807, 2.05) is 0 Å². The van der Waals surface area contributed by atoms with Gasteiger partial charge in [0.25, 0.3) is 0 Å². The fourth-order valence-corrected chi connectivity index (χ4v) is 5.40. The van der Waals surface area contributed by atoms with Crippen molar-refractivity contribution in [3.8, 4) is 0 Å². The molecule has 2 aromatic carbocycles. The van der Waals surface area contributed by atoms with Gasteiger partial charge in [-0.2, -0.15) is 29.9 Å². The van der Waals surface area contributed by atoms with E-state index in [1.54, 1.807) is 0 Å². The fraction of sp³-hybridized carbons (Fsp3) is 0.167. The Morgan fingerprint density at radius 2 is 0.979 bits per heavy atom. The van der Waals surface area contributed by atoms with Crippen LogP contribution in [0.5, 0.6) is 0 Å². The molecule has 0 fully saturated rings. The number of aromatic nitrogens is 6. The summed E-state index contributed by atoms with van der Waals surface area (Å²) in [6.07, 6.45) is 0.216. The fourth-order valence-electron chi connectivity index (χ4n) is 3.69. The summed E-state index contributed by atoms with van der Waals surface area (Å²) in [4.78, 5) is 21.9. The van der Waals surface area contributed by atoms with Gasteiger partial charge in [0.15, 0.2) is 0 Å². The molecule has 244 valence electrons. The Kier molecular flexibility index (Phi) is 15.3. The van der Waals surface area contributed by atoms with E-state index in [0.717, 1.165) is 24.3 Å². The SMILES string of the molecule is CC(O)Nc1nc(Cl)nc(Nc2ccc(C=Cc3ccc(Nc4nc(Cl)nc(NC(C)O)n4)cc3S(=O)(=O)[O-])c(S(=O)(=O)[O-])c2)n1.[Na+].[Na+]. The Hall–Kier alpha value is -2.28. The van der Waals surface area contributed by atoms with E-state index in [2.05, 4.69) is 51.2 Å². The first-order valence-electron chi connectivity index (χ1n) is 12.6. The zero-order chi connectivity index (χ0) is 33.8. The average molecular weight is 760 g/mol. The Labute approximate surface area is 328 Å². The van der Waals surface area contributed by atoms with E-state index >= 15 is 0 Å². The second-order valence-electron chi connectivity index (χ2n) is 9.14. The summed E-state index contributed by atoms with van der Waals surface area (Å²) >= 11 is 11.8. The number of halogens is 2. The molecule has 18 nitrogen and oxygen atoms in total. The van der Waals surface area contributed by atoms with Gasteiger partial charge in [-0.1, -0.05) is 24.3 Å². The van der Waals surface area contributed by atoms with Crippen LogP contribution in [0.2, 0.25) is 10.6 Å². The Bertz CT molecular complexity index is 1890. The molecule has 0 bridgehead atoms. The van der Waals surface area contributed by atoms with Gasteiger partial charge in [-0.25, -0.2) is 16.8 Å². The van der Waals surface area contributed by atoms with Crippen molar-refractivity contribution in [3.63, 3.8) is 0 Å². The molecule has 0 aliphatic heterocycles. The van der Waals surface area contributed by atoms with Crippen molar-refractivity contribution in [2.24, 2.45) is 0 Å². The maximum atomic E-state index is 12.1. The number of benzene rings is 2. The Balaban J connectivity index is 0.00000400. The molecule has 0 spiro atoms. The van der Waals surface area contributed by atoms with Crippen molar-refractivity contribution < 1.29 is 95.3 Å². The zero-order valence-corrected chi connectivity index (χ0v) is 32.5. The standard InChI is InChI=1S/C24H24Cl2N10O8S2.2Na/c1-11(37)27-21-31-19(25)33-23(35-21)29-15-7-5-13(17(9-15)45(39,40)41)3-4-14-6-8-16(10-18(14)46(42,43)44)30-24-34-20(26)32-22(36-24)28-12(2)38;;/h3-12,37-38H,1-2H3,(H,39,40,41)(H,42,43,44)(H2,27,29,31,33,35)(H2,28,30,32,34,36);;/q;2*+1/p-2. The third-order valence-corrected chi connectivity index (χ3v) is 7.54. The van der Waals surface area contributed by atoms with Crippen LogP contribution < -0.4 is 80.4 Å². The van der Waals surface area contributed by atoms with Crippen LogP contribution in [0.3, 0.4) is 0 Å². The molecule has 0 saturated carbocycles. The smallest absolute Gasteiger partial charge is 0.744 e. The number of hydrogen-bond acceptors (Lipinski definition) is 18. The van der Waals surface area contributed by atoms with Crippen LogP contribution in [-0.4, -0.2) is 78.5 Å². The van der Waals surface area contributed by atoms with Gasteiger partial charge >= 0.3 is 59.1 Å². The van der Waals surface area contributed by atoms with Gasteiger partial charge < -0.3 is 40.6 Å². The molecule has 0 aliphatic rings. The summed E-state index contributed by atoms with van der Waals surface area (Å²) < 4.78 is 72.8. The first-order chi connectivity index (χ1) is 21.5. The third-order valence-electron chi connectivity index (χ3n) is 5.41. The predicted molar refractivity (Wildman–Crippen MR) is 165 cm³/mol. The predicted octanol–water partition coefficient (Wildman–Crippen LogP) is -3.66. The van der Waals surface area contributed by atoms with E-state index in [1.165, 1.54) is 38.1 Å². The van der Waals surface area contributed by atoms with Crippen LogP contribution in [-0.2, 0) is 20.2 Å². The summed E-state index contributed by atoms with van der Waals surface area (Å²) in [5.74, 6) is -0.465. The molecule has 2 aromatic heterocycles. The van der Waals surface area contributed by atoms with Gasteiger partial charge in [-0.3, -0.25) is 0 Å². The van der Waals surface area contributed by atoms with Gasteiger partial charge in [0.1, 0.15) is 32.7 Å². The van der Waals surface area contributed by atoms with Gasteiger partial charge in [0.2, 0.25) is 34.4 Å². The number of hydrogen-bond donors (Lipinski definition) is 6. The number of rotatable bonds is 12. The second-order valence-corrected chi connectivity index (χ2v) is 12.5. The van der Waals surface area contributed by atoms with Crippen LogP contribution in [0, 0.1) is 0 Å². The Morgan fingerprint density at radius 3 is 1.29 bits per heavy atom. The second kappa shape index (κ2) is 17.6. The Morgan fingerprint density at radius 1 is 0.646 bits per heavy atom. The average Bonchev–Trinajstić information content (AvgIpc) is 2.90. The molecular weight excluding hydrogens is 737 g/mol. The van der Waals surface area contributed by atoms with Crippen LogP contribution in [0.15, 0.2) is 46.2 Å². The van der Waals surface area contributed by atoms with E-state index in [0.29, 0.717) is 0 Å². The van der Waals surface area contributed by atoms with E-state index < -0.39 is 42.5 Å². The molecule has 6 N–H and O–H groups in total. The van der Waals surface area contributed by atoms with Crippen molar-refractivity contribution >= 4 is 90.8 Å². The summed E-state index contributed by atoms with van der Waals surface area (Å²) in [5.41, 5.74) is -0.166. The molecule has 0 saturated heterocycles. The minimum atomic E-state index is -5.09. The van der Waals surface area contributed by atoms with Crippen molar-refractivity contribution in [1.29, 1.82) is 0 Å². The van der Waals surface area contributed by atoms with Crippen LogP contribution in [0.25, 0.3) is 12.2 Å². The first-order valence-corrected chi connectivity index (χ1v) is 16.2. The monoisotopic (exact) mass is 758 g/mol. The number of nitrogens with zero attached hydrogens (tertiary/aromatic N) is 6. The minimum Gasteiger partial charge on any atom is -0.744 e. The number of nitrogens with one attached hydrogen (secondary N) is 4. The van der Waals surface area contributed by atoms with Crippen molar-refractivity contribution in [3.05, 3.63) is 58.1 Å². The van der Waals surface area contributed by atoms with E-state index in [9.17, 15) is 36.2 Å². The molecule has 0 radical (unpaired) electrons. The molecule has 0 amide bonds. The van der Waals surface area contributed by atoms with E-state index in [4.69, 9.17) is 23.2 Å². The molecular formula is C24H22Cl2N10Na2O8S2. The summed E-state index contributed by atoms with van der Waals surface area (Å²) in [6.45, 7) is 2.82. The van der Waals surface area contributed by atoms with Crippen LogP contribution in [0.1, 0.15) is 25.0 Å². The summed E-state index contributed by atoms with van der Waals surface area (Å²) in [6, 6.07) is 7.19. The molecule has 2 unspecified atom stereocenters. The van der Waals surface area contributed by atoms with Crippen molar-refractivity contribution in [1.82, 2.24) is 29.9 Å². The first kappa shape index (κ1) is 41.9. The normalized spacial score (nSPS) is 12.8. The number of anilines is 6. The number of aliphatic hydroxyl groups excluding tert-OH is 2. The molecule has 48 heavy (non-hydrogen) atoms. The third kappa shape index (κ3) is 12.2. The van der Waals surface area contributed by atoms with Crippen molar-refractivity contribution in [2.45, 2.75) is 36.1 Å². The summed E-state index contributed by atoms with van der Waals surface area (Å²) in [7, 11) is -10.2. The molecule has 4 rings (SSSR count). The number of aliphatic hydroxyl groups is 2. The van der Waals surface area contributed by atoms with E-state index in [-0.39, 0.29) is 116 Å². The summed E-state index contributed by atoms with van der Waals surface area (Å²) in [5, 5.41) is 28.8. The topological polar surface area (TPSA) is 280 Å². The molecule has 4 aromatic rings. The largest absolute Gasteiger partial charge is 1.00 e.